The summed E-state index contributed by atoms with van der Waals surface area (Å²) >= 11 is 0. The number of fused-ring (bicyclic) bond motifs is 1. The van der Waals surface area contributed by atoms with Gasteiger partial charge >= 0.3 is 0 Å². The Labute approximate surface area is 158 Å². The first kappa shape index (κ1) is 19.1. The zero-order chi connectivity index (χ0) is 19.6. The molecule has 0 saturated carbocycles. The minimum absolute atomic E-state index is 0.0724. The van der Waals surface area contributed by atoms with E-state index in [1.165, 1.54) is 12.1 Å². The highest BCUT2D eigenvalue weighted by atomic mass is 32.2. The molecule has 0 saturated heterocycles. The van der Waals surface area contributed by atoms with E-state index >= 15 is 0 Å². The highest BCUT2D eigenvalue weighted by molar-refractivity contribution is 7.90. The summed E-state index contributed by atoms with van der Waals surface area (Å²) in [6, 6.07) is 12.3. The molecule has 1 unspecified atom stereocenters. The highest BCUT2D eigenvalue weighted by Gasteiger charge is 2.26. The molecule has 2 amide bonds. The van der Waals surface area contributed by atoms with E-state index in [9.17, 15) is 18.0 Å². The van der Waals surface area contributed by atoms with Gasteiger partial charge in [0.05, 0.1) is 4.90 Å². The first-order chi connectivity index (χ1) is 12.7. The van der Waals surface area contributed by atoms with Crippen molar-refractivity contribution in [2.24, 2.45) is 5.92 Å². The van der Waals surface area contributed by atoms with Crippen molar-refractivity contribution in [3.63, 3.8) is 0 Å². The molecule has 0 fully saturated rings. The molecule has 0 aromatic heterocycles. The predicted octanol–water partition coefficient (Wildman–Crippen LogP) is 2.93. The molecule has 1 atom stereocenters. The Morgan fingerprint density at radius 2 is 1.96 bits per heavy atom. The number of hydrogen-bond donors (Lipinski definition) is 2. The smallest absolute Gasteiger partial charge is 0.227 e. The lowest BCUT2D eigenvalue weighted by Gasteiger charge is -2.24. The van der Waals surface area contributed by atoms with E-state index in [0.29, 0.717) is 18.5 Å². The van der Waals surface area contributed by atoms with Crippen LogP contribution in [0, 0.1) is 12.8 Å². The molecule has 0 radical (unpaired) electrons. The molecule has 1 aliphatic rings. The van der Waals surface area contributed by atoms with Gasteiger partial charge in [-0.15, -0.1) is 0 Å². The SMILES string of the molecule is Cc1ccc(S(C)(=O)=O)cc1NC(=O)CCC1Cc2ccccc2NC1=O. The summed E-state index contributed by atoms with van der Waals surface area (Å²) < 4.78 is 23.4. The molecular formula is C20H22N2O4S. The van der Waals surface area contributed by atoms with Crippen LogP contribution in [-0.2, 0) is 25.8 Å². The Bertz CT molecular complexity index is 999. The van der Waals surface area contributed by atoms with Crippen molar-refractivity contribution in [2.75, 3.05) is 16.9 Å². The normalized spacial score (nSPS) is 16.4. The second-order valence-corrected chi connectivity index (χ2v) is 8.90. The van der Waals surface area contributed by atoms with Crippen molar-refractivity contribution in [3.05, 3.63) is 53.6 Å². The van der Waals surface area contributed by atoms with Gasteiger partial charge in [0, 0.05) is 30.0 Å². The van der Waals surface area contributed by atoms with Crippen molar-refractivity contribution in [1.82, 2.24) is 0 Å². The topological polar surface area (TPSA) is 92.3 Å². The molecule has 1 heterocycles. The first-order valence-corrected chi connectivity index (χ1v) is 10.6. The number of hydrogen-bond acceptors (Lipinski definition) is 4. The van der Waals surface area contributed by atoms with Gasteiger partial charge in [-0.1, -0.05) is 24.3 Å². The van der Waals surface area contributed by atoms with E-state index in [0.717, 1.165) is 23.1 Å². The summed E-state index contributed by atoms with van der Waals surface area (Å²) in [5.74, 6) is -0.568. The van der Waals surface area contributed by atoms with Gasteiger partial charge in [0.15, 0.2) is 9.84 Å². The molecule has 6 nitrogen and oxygen atoms in total. The van der Waals surface area contributed by atoms with E-state index in [1.54, 1.807) is 13.0 Å². The summed E-state index contributed by atoms with van der Waals surface area (Å²) in [4.78, 5) is 24.7. The molecule has 2 N–H and O–H groups in total. The molecule has 0 aliphatic carbocycles. The van der Waals surface area contributed by atoms with Crippen LogP contribution in [0.2, 0.25) is 0 Å². The fourth-order valence-corrected chi connectivity index (χ4v) is 3.78. The predicted molar refractivity (Wildman–Crippen MR) is 104 cm³/mol. The Kier molecular flexibility index (Phi) is 5.32. The van der Waals surface area contributed by atoms with Gasteiger partial charge in [0.25, 0.3) is 0 Å². The van der Waals surface area contributed by atoms with Gasteiger partial charge in [-0.25, -0.2) is 8.42 Å². The van der Waals surface area contributed by atoms with Gasteiger partial charge in [-0.3, -0.25) is 9.59 Å². The molecule has 2 aromatic carbocycles. The second kappa shape index (κ2) is 7.52. The Morgan fingerprint density at radius 3 is 2.70 bits per heavy atom. The zero-order valence-electron chi connectivity index (χ0n) is 15.3. The number of nitrogens with one attached hydrogen (secondary N) is 2. The molecule has 1 aliphatic heterocycles. The van der Waals surface area contributed by atoms with Gasteiger partial charge in [-0.05, 0) is 49.1 Å². The van der Waals surface area contributed by atoms with E-state index < -0.39 is 9.84 Å². The number of carbonyl (C=O) groups is 2. The molecular weight excluding hydrogens is 364 g/mol. The van der Waals surface area contributed by atoms with E-state index in [4.69, 9.17) is 0 Å². The third kappa shape index (κ3) is 4.54. The van der Waals surface area contributed by atoms with Crippen molar-refractivity contribution in [3.8, 4) is 0 Å². The number of para-hydroxylation sites is 1. The van der Waals surface area contributed by atoms with E-state index in [2.05, 4.69) is 10.6 Å². The molecule has 3 rings (SSSR count). The Balaban J connectivity index is 1.63. The third-order valence-corrected chi connectivity index (χ3v) is 5.85. The second-order valence-electron chi connectivity index (χ2n) is 6.88. The summed E-state index contributed by atoms with van der Waals surface area (Å²) in [5.41, 5.74) is 3.15. The molecule has 2 aromatic rings. The lowest BCUT2D eigenvalue weighted by molar-refractivity contribution is -0.121. The van der Waals surface area contributed by atoms with Gasteiger partial charge < -0.3 is 10.6 Å². The maximum atomic E-state index is 12.3. The van der Waals surface area contributed by atoms with Crippen LogP contribution in [-0.4, -0.2) is 26.5 Å². The zero-order valence-corrected chi connectivity index (χ0v) is 16.1. The van der Waals surface area contributed by atoms with Crippen LogP contribution in [0.1, 0.15) is 24.0 Å². The quantitative estimate of drug-likeness (QED) is 0.826. The lowest BCUT2D eigenvalue weighted by Crippen LogP contribution is -2.30. The van der Waals surface area contributed by atoms with Crippen molar-refractivity contribution in [1.29, 1.82) is 0 Å². The van der Waals surface area contributed by atoms with Crippen LogP contribution >= 0.6 is 0 Å². The number of amides is 2. The van der Waals surface area contributed by atoms with E-state index in [-0.39, 0.29) is 29.0 Å². The minimum atomic E-state index is -3.35. The lowest BCUT2D eigenvalue weighted by atomic mass is 9.89. The number of carbonyl (C=O) groups excluding carboxylic acids is 2. The number of benzene rings is 2. The summed E-state index contributed by atoms with van der Waals surface area (Å²) in [5, 5.41) is 5.64. The molecule has 142 valence electrons. The Hall–Kier alpha value is -2.67. The molecule has 7 heteroatoms. The fourth-order valence-electron chi connectivity index (χ4n) is 3.13. The van der Waals surface area contributed by atoms with Crippen molar-refractivity contribution >= 4 is 33.0 Å². The largest absolute Gasteiger partial charge is 0.326 e. The van der Waals surface area contributed by atoms with Gasteiger partial charge in [0.1, 0.15) is 0 Å². The van der Waals surface area contributed by atoms with Crippen molar-refractivity contribution in [2.45, 2.75) is 31.1 Å². The van der Waals surface area contributed by atoms with Crippen LogP contribution in [0.5, 0.6) is 0 Å². The first-order valence-electron chi connectivity index (χ1n) is 8.73. The average Bonchev–Trinajstić information content (AvgIpc) is 2.61. The van der Waals surface area contributed by atoms with Crippen LogP contribution in [0.25, 0.3) is 0 Å². The van der Waals surface area contributed by atoms with Crippen LogP contribution in [0.15, 0.2) is 47.4 Å². The van der Waals surface area contributed by atoms with Gasteiger partial charge in [-0.2, -0.15) is 0 Å². The van der Waals surface area contributed by atoms with Crippen LogP contribution in [0.4, 0.5) is 11.4 Å². The maximum absolute atomic E-state index is 12.3. The number of sulfone groups is 1. The number of anilines is 2. The minimum Gasteiger partial charge on any atom is -0.326 e. The summed E-state index contributed by atoms with van der Waals surface area (Å²) in [6.45, 7) is 1.80. The number of rotatable bonds is 5. The fraction of sp³-hybridized carbons (Fsp3) is 0.300. The number of aryl methyl sites for hydroxylation is 1. The van der Waals surface area contributed by atoms with Crippen LogP contribution < -0.4 is 10.6 Å². The standard InChI is InChI=1S/C20H22N2O4S/c1-13-7-9-16(27(2,25)26)12-18(13)21-19(23)10-8-15-11-14-5-3-4-6-17(14)22-20(15)24/h3-7,9,12,15H,8,10-11H2,1-2H3,(H,21,23)(H,22,24). The van der Waals surface area contributed by atoms with Crippen LogP contribution in [0.3, 0.4) is 0 Å². The molecule has 0 bridgehead atoms. The maximum Gasteiger partial charge on any atom is 0.227 e. The molecule has 27 heavy (non-hydrogen) atoms. The monoisotopic (exact) mass is 386 g/mol. The van der Waals surface area contributed by atoms with E-state index in [1.807, 2.05) is 24.3 Å². The summed E-state index contributed by atoms with van der Waals surface area (Å²) in [7, 11) is -3.35. The molecule has 0 spiro atoms. The third-order valence-electron chi connectivity index (χ3n) is 4.74. The highest BCUT2D eigenvalue weighted by Crippen LogP contribution is 2.28. The average molecular weight is 386 g/mol. The Morgan fingerprint density at radius 1 is 1.22 bits per heavy atom. The summed E-state index contributed by atoms with van der Waals surface area (Å²) in [6.07, 6.45) is 2.35. The van der Waals surface area contributed by atoms with Gasteiger partial charge in [0.2, 0.25) is 11.8 Å². The van der Waals surface area contributed by atoms with Crippen molar-refractivity contribution < 1.29 is 18.0 Å².